The molecular formula is C15H14BrClFN3O3S2. The first kappa shape index (κ1) is 19.7. The van der Waals surface area contributed by atoms with Gasteiger partial charge in [-0.3, -0.25) is 4.79 Å². The van der Waals surface area contributed by atoms with Gasteiger partial charge in [-0.2, -0.15) is 17.4 Å². The molecule has 2 N–H and O–H groups in total. The van der Waals surface area contributed by atoms with E-state index in [0.29, 0.717) is 5.69 Å². The van der Waals surface area contributed by atoms with Gasteiger partial charge in [0.15, 0.2) is 0 Å². The average molecular weight is 483 g/mol. The minimum Gasteiger partial charge on any atom is -0.325 e. The van der Waals surface area contributed by atoms with E-state index in [-0.39, 0.29) is 11.4 Å². The monoisotopic (exact) mass is 481 g/mol. The van der Waals surface area contributed by atoms with E-state index < -0.39 is 34.0 Å². The number of carbonyl (C=O) groups excluding carboxylic acids is 1. The number of likely N-dealkylation sites (N-methyl/N-ethyl adjacent to an activating group) is 1. The molecule has 2 heterocycles. The lowest BCUT2D eigenvalue weighted by Crippen LogP contribution is -2.55. The van der Waals surface area contributed by atoms with Gasteiger partial charge in [0, 0.05) is 17.6 Å². The van der Waals surface area contributed by atoms with Crippen molar-refractivity contribution in [3.05, 3.63) is 49.8 Å². The van der Waals surface area contributed by atoms with Gasteiger partial charge in [-0.25, -0.2) is 4.39 Å². The van der Waals surface area contributed by atoms with Crippen LogP contribution in [0.15, 0.2) is 34.1 Å². The Morgan fingerprint density at radius 2 is 2.15 bits per heavy atom. The molecule has 2 atom stereocenters. The topological polar surface area (TPSA) is 78.5 Å². The molecule has 0 spiro atoms. The largest absolute Gasteiger partial charge is 0.325 e. The first-order valence-corrected chi connectivity index (χ1v) is 10.9. The summed E-state index contributed by atoms with van der Waals surface area (Å²) in [4.78, 5) is 13.5. The first-order valence-electron chi connectivity index (χ1n) is 7.44. The maximum Gasteiger partial charge on any atom is 0.280 e. The molecule has 1 saturated heterocycles. The third-order valence-electron chi connectivity index (χ3n) is 4.00. The van der Waals surface area contributed by atoms with E-state index in [1.54, 1.807) is 0 Å². The molecule has 2 aromatic rings. The number of nitrogens with zero attached hydrogens (tertiary/aromatic N) is 1. The van der Waals surface area contributed by atoms with Crippen molar-refractivity contribution in [3.63, 3.8) is 0 Å². The van der Waals surface area contributed by atoms with Crippen LogP contribution in [0.2, 0.25) is 5.02 Å². The maximum absolute atomic E-state index is 13.3. The summed E-state index contributed by atoms with van der Waals surface area (Å²) in [5, 5.41) is 2.47. The van der Waals surface area contributed by atoms with E-state index in [1.165, 1.54) is 30.5 Å². The normalized spacial score (nSPS) is 22.9. The van der Waals surface area contributed by atoms with Crippen molar-refractivity contribution in [3.8, 4) is 0 Å². The Hall–Kier alpha value is -1.04. The Labute approximate surface area is 167 Å². The molecule has 1 aromatic carbocycles. The van der Waals surface area contributed by atoms with Crippen molar-refractivity contribution in [1.82, 2.24) is 9.03 Å². The molecule has 1 unspecified atom stereocenters. The Kier molecular flexibility index (Phi) is 5.71. The van der Waals surface area contributed by atoms with Crippen molar-refractivity contribution < 1.29 is 17.6 Å². The summed E-state index contributed by atoms with van der Waals surface area (Å²) in [5.74, 6) is -1.12. The predicted octanol–water partition coefficient (Wildman–Crippen LogP) is 3.52. The zero-order chi connectivity index (χ0) is 19.1. The van der Waals surface area contributed by atoms with Gasteiger partial charge < -0.3 is 5.32 Å². The molecule has 3 rings (SSSR count). The number of hydrogen-bond donors (Lipinski definition) is 2. The fourth-order valence-electron chi connectivity index (χ4n) is 2.61. The smallest absolute Gasteiger partial charge is 0.280 e. The van der Waals surface area contributed by atoms with Crippen molar-refractivity contribution in [2.75, 3.05) is 12.4 Å². The van der Waals surface area contributed by atoms with Gasteiger partial charge in [0.1, 0.15) is 11.9 Å². The van der Waals surface area contributed by atoms with Crippen LogP contribution in [0.4, 0.5) is 10.1 Å². The van der Waals surface area contributed by atoms with Crippen LogP contribution in [0.1, 0.15) is 17.3 Å². The molecule has 0 aliphatic carbocycles. The number of amides is 1. The second-order valence-corrected chi connectivity index (χ2v) is 10.4. The number of carbonyl (C=O) groups is 1. The van der Waals surface area contributed by atoms with Crippen LogP contribution in [0.5, 0.6) is 0 Å². The maximum atomic E-state index is 13.3. The number of anilines is 1. The quantitative estimate of drug-likeness (QED) is 0.703. The van der Waals surface area contributed by atoms with Gasteiger partial charge in [-0.1, -0.05) is 11.6 Å². The molecule has 1 aliphatic heterocycles. The lowest BCUT2D eigenvalue weighted by Gasteiger charge is -2.35. The molecule has 1 aliphatic rings. The number of nitrogens with one attached hydrogen (secondary N) is 2. The minimum atomic E-state index is -3.82. The Morgan fingerprint density at radius 3 is 2.77 bits per heavy atom. The third kappa shape index (κ3) is 4.10. The van der Waals surface area contributed by atoms with E-state index in [1.807, 2.05) is 12.1 Å². The summed E-state index contributed by atoms with van der Waals surface area (Å²) < 4.78 is 42.5. The second kappa shape index (κ2) is 7.53. The van der Waals surface area contributed by atoms with Crippen LogP contribution in [0.3, 0.4) is 0 Å². The van der Waals surface area contributed by atoms with Gasteiger partial charge in [0.2, 0.25) is 5.91 Å². The highest BCUT2D eigenvalue weighted by atomic mass is 79.9. The van der Waals surface area contributed by atoms with Crippen LogP contribution in [-0.2, 0) is 15.0 Å². The van der Waals surface area contributed by atoms with Crippen LogP contribution < -0.4 is 10.0 Å². The molecule has 1 fully saturated rings. The molecule has 1 aromatic heterocycles. The summed E-state index contributed by atoms with van der Waals surface area (Å²) in [5.41, 5.74) is 0.293. The zero-order valence-corrected chi connectivity index (χ0v) is 17.3. The summed E-state index contributed by atoms with van der Waals surface area (Å²) in [6.07, 6.45) is 0.253. The Bertz CT molecular complexity index is 953. The Balaban J connectivity index is 1.83. The third-order valence-corrected chi connectivity index (χ3v) is 7.62. The number of halogens is 3. The molecule has 0 radical (unpaired) electrons. The average Bonchev–Trinajstić information content (AvgIpc) is 2.99. The zero-order valence-electron chi connectivity index (χ0n) is 13.4. The minimum absolute atomic E-state index is 0.129. The second-order valence-electron chi connectivity index (χ2n) is 5.70. The van der Waals surface area contributed by atoms with Crippen molar-refractivity contribution in [2.45, 2.75) is 18.5 Å². The molecule has 0 bridgehead atoms. The number of benzene rings is 1. The summed E-state index contributed by atoms with van der Waals surface area (Å²) in [6.45, 7) is 0. The lowest BCUT2D eigenvalue weighted by molar-refractivity contribution is -0.120. The fourth-order valence-corrected chi connectivity index (χ4v) is 5.62. The van der Waals surface area contributed by atoms with Crippen LogP contribution in [-0.4, -0.2) is 31.7 Å². The Morgan fingerprint density at radius 1 is 1.42 bits per heavy atom. The molecule has 0 saturated carbocycles. The van der Waals surface area contributed by atoms with Crippen molar-refractivity contribution in [2.24, 2.45) is 0 Å². The van der Waals surface area contributed by atoms with Crippen LogP contribution in [0.25, 0.3) is 0 Å². The summed E-state index contributed by atoms with van der Waals surface area (Å²) in [6, 6.07) is 5.97. The summed E-state index contributed by atoms with van der Waals surface area (Å²) in [7, 11) is -2.48. The number of rotatable bonds is 3. The highest BCUT2D eigenvalue weighted by Crippen LogP contribution is 2.34. The SMILES string of the molecule is CN1[C@H](C(=O)Nc2ccc(F)c(Cl)c2)CC(c2ccc(Br)s2)NS1(=O)=O. The first-order chi connectivity index (χ1) is 12.2. The van der Waals surface area contributed by atoms with Crippen molar-refractivity contribution >= 4 is 60.7 Å². The van der Waals surface area contributed by atoms with Gasteiger partial charge in [0.25, 0.3) is 10.2 Å². The van der Waals surface area contributed by atoms with E-state index in [0.717, 1.165) is 19.0 Å². The van der Waals surface area contributed by atoms with Crippen LogP contribution >= 0.6 is 38.9 Å². The highest BCUT2D eigenvalue weighted by molar-refractivity contribution is 9.11. The number of hydrogen-bond acceptors (Lipinski definition) is 4. The molecule has 11 heteroatoms. The summed E-state index contributed by atoms with van der Waals surface area (Å²) >= 11 is 10.5. The highest BCUT2D eigenvalue weighted by Gasteiger charge is 2.41. The van der Waals surface area contributed by atoms with Gasteiger partial charge in [-0.15, -0.1) is 11.3 Å². The fraction of sp³-hybridized carbons (Fsp3) is 0.267. The molecule has 140 valence electrons. The standard InChI is InChI=1S/C15H14BrClFN3O3S2/c1-21-12(15(22)19-8-2-3-10(18)9(17)6-8)7-11(20-26(21,23)24)13-4-5-14(16)25-13/h2-6,11-12,20H,7H2,1H3,(H,19,22)/t11?,12-/m0/s1. The van der Waals surface area contributed by atoms with E-state index >= 15 is 0 Å². The van der Waals surface area contributed by atoms with E-state index in [2.05, 4.69) is 26.0 Å². The van der Waals surface area contributed by atoms with Crippen LogP contribution in [0, 0.1) is 5.82 Å². The molecule has 26 heavy (non-hydrogen) atoms. The van der Waals surface area contributed by atoms with E-state index in [4.69, 9.17) is 11.6 Å². The molecule has 6 nitrogen and oxygen atoms in total. The van der Waals surface area contributed by atoms with Gasteiger partial charge in [-0.05, 0) is 52.7 Å². The molecule has 1 amide bonds. The lowest BCUT2D eigenvalue weighted by atomic mass is 10.1. The number of thiophene rings is 1. The van der Waals surface area contributed by atoms with E-state index in [9.17, 15) is 17.6 Å². The molecular weight excluding hydrogens is 469 g/mol. The predicted molar refractivity (Wildman–Crippen MR) is 103 cm³/mol. The van der Waals surface area contributed by atoms with Gasteiger partial charge >= 0.3 is 0 Å². The van der Waals surface area contributed by atoms with Crippen molar-refractivity contribution in [1.29, 1.82) is 0 Å². The van der Waals surface area contributed by atoms with Gasteiger partial charge in [0.05, 0.1) is 14.9 Å².